The van der Waals surface area contributed by atoms with Crippen molar-refractivity contribution in [2.75, 3.05) is 5.32 Å². The number of hydrogen-bond donors (Lipinski definition) is 1. The molecule has 1 aliphatic heterocycles. The fourth-order valence-corrected chi connectivity index (χ4v) is 2.16. The summed E-state index contributed by atoms with van der Waals surface area (Å²) in [6.45, 7) is 0. The van der Waals surface area contributed by atoms with Crippen LogP contribution in [-0.4, -0.2) is 20.2 Å². The van der Waals surface area contributed by atoms with Gasteiger partial charge in [-0.05, 0) is 6.07 Å². The monoisotopic (exact) mass is 221 g/mol. The molecule has 0 saturated carbocycles. The van der Waals surface area contributed by atoms with Crippen LogP contribution in [-0.2, 0) is 0 Å². The lowest BCUT2D eigenvalue weighted by Crippen LogP contribution is -2.05. The van der Waals surface area contributed by atoms with Gasteiger partial charge < -0.3 is 5.32 Å². The van der Waals surface area contributed by atoms with Gasteiger partial charge in [-0.25, -0.2) is 9.97 Å². The van der Waals surface area contributed by atoms with Gasteiger partial charge in [-0.2, -0.15) is 5.10 Å². The van der Waals surface area contributed by atoms with E-state index in [0.717, 1.165) is 28.0 Å². The van der Waals surface area contributed by atoms with Crippen LogP contribution >= 0.6 is 0 Å². The van der Waals surface area contributed by atoms with Crippen LogP contribution < -0.4 is 5.32 Å². The second-order valence-electron chi connectivity index (χ2n) is 3.85. The van der Waals surface area contributed by atoms with Crippen molar-refractivity contribution in [3.8, 4) is 11.1 Å². The van der Waals surface area contributed by atoms with E-state index < -0.39 is 0 Å². The Morgan fingerprint density at radius 3 is 2.94 bits per heavy atom. The highest BCUT2D eigenvalue weighted by molar-refractivity contribution is 6.06. The maximum absolute atomic E-state index is 4.25. The molecule has 0 atom stereocenters. The Morgan fingerprint density at radius 2 is 1.94 bits per heavy atom. The fourth-order valence-electron chi connectivity index (χ4n) is 2.16. The summed E-state index contributed by atoms with van der Waals surface area (Å²) in [6, 6.07) is 8.06. The summed E-state index contributed by atoms with van der Waals surface area (Å²) in [7, 11) is 0. The van der Waals surface area contributed by atoms with Crippen molar-refractivity contribution in [2.24, 2.45) is 0 Å². The number of rotatable bonds is 0. The Hall–Kier alpha value is -2.56. The molecule has 2 aromatic heterocycles. The highest BCUT2D eigenvalue weighted by Crippen LogP contribution is 2.40. The summed E-state index contributed by atoms with van der Waals surface area (Å²) in [5, 5.41) is 12.2. The lowest BCUT2D eigenvalue weighted by atomic mass is 9.99. The van der Waals surface area contributed by atoms with Crippen molar-refractivity contribution >= 4 is 22.5 Å². The van der Waals surface area contributed by atoms with Gasteiger partial charge in [-0.15, -0.1) is 5.10 Å². The maximum atomic E-state index is 4.25. The van der Waals surface area contributed by atoms with E-state index in [1.807, 2.05) is 18.2 Å². The molecule has 0 saturated heterocycles. The van der Waals surface area contributed by atoms with Gasteiger partial charge >= 0.3 is 0 Å². The van der Waals surface area contributed by atoms with Crippen LogP contribution in [0.25, 0.3) is 22.2 Å². The molecule has 0 aliphatic carbocycles. The van der Waals surface area contributed by atoms with E-state index in [1.54, 1.807) is 6.20 Å². The first-order valence-electron chi connectivity index (χ1n) is 5.26. The van der Waals surface area contributed by atoms with Crippen molar-refractivity contribution in [1.29, 1.82) is 0 Å². The summed E-state index contributed by atoms with van der Waals surface area (Å²) >= 11 is 0. The predicted octanol–water partition coefficient (Wildman–Crippen LogP) is 2.14. The fraction of sp³-hybridized carbons (Fsp3) is 0. The van der Waals surface area contributed by atoms with E-state index in [1.165, 1.54) is 6.33 Å². The van der Waals surface area contributed by atoms with E-state index in [2.05, 4.69) is 31.5 Å². The van der Waals surface area contributed by atoms with Crippen LogP contribution in [0.2, 0.25) is 0 Å². The minimum absolute atomic E-state index is 0.620. The molecule has 5 nitrogen and oxygen atoms in total. The van der Waals surface area contributed by atoms with Gasteiger partial charge in [0.25, 0.3) is 0 Å². The molecule has 0 bridgehead atoms. The number of nitrogens with zero attached hydrogens (tertiary/aromatic N) is 4. The van der Waals surface area contributed by atoms with Crippen molar-refractivity contribution in [3.05, 3.63) is 36.8 Å². The van der Waals surface area contributed by atoms with Gasteiger partial charge in [0, 0.05) is 16.8 Å². The van der Waals surface area contributed by atoms with Crippen LogP contribution in [0.1, 0.15) is 0 Å². The zero-order chi connectivity index (χ0) is 11.2. The van der Waals surface area contributed by atoms with Gasteiger partial charge in [-0.3, -0.25) is 0 Å². The molecule has 3 aromatic rings. The standard InChI is InChI=1S/C12H7N5/c1-2-4-9-7(3-1)8-5-15-17-12-10(8)11(16-9)13-6-14-12/h1-6H,(H,13,14,16,17). The number of hydrogen-bond acceptors (Lipinski definition) is 5. The molecule has 0 spiro atoms. The minimum Gasteiger partial charge on any atom is -0.339 e. The number of anilines is 2. The normalized spacial score (nSPS) is 12.0. The SMILES string of the molecule is c1ccc2c(c1)Nc1ncnc3nncc-2c13. The van der Waals surface area contributed by atoms with E-state index in [0.29, 0.717) is 5.65 Å². The Labute approximate surface area is 96.6 Å². The minimum atomic E-state index is 0.620. The molecule has 80 valence electrons. The van der Waals surface area contributed by atoms with Crippen LogP contribution in [0.5, 0.6) is 0 Å². The highest BCUT2D eigenvalue weighted by Gasteiger charge is 2.19. The van der Waals surface area contributed by atoms with Gasteiger partial charge in [0.15, 0.2) is 5.65 Å². The zero-order valence-corrected chi connectivity index (χ0v) is 8.75. The summed E-state index contributed by atoms with van der Waals surface area (Å²) in [5.74, 6) is 0.790. The number of fused-ring (bicyclic) bond motifs is 2. The second kappa shape index (κ2) is 2.98. The third-order valence-electron chi connectivity index (χ3n) is 2.91. The molecule has 3 heterocycles. The van der Waals surface area contributed by atoms with Crippen LogP contribution in [0, 0.1) is 0 Å². The molecular formula is C12H7N5. The van der Waals surface area contributed by atoms with Gasteiger partial charge in [0.05, 0.1) is 11.6 Å². The average molecular weight is 221 g/mol. The number of benzene rings is 1. The summed E-state index contributed by atoms with van der Waals surface area (Å²) in [5.41, 5.74) is 3.79. The molecule has 1 N–H and O–H groups in total. The predicted molar refractivity (Wildman–Crippen MR) is 63.8 cm³/mol. The lowest BCUT2D eigenvalue weighted by Gasteiger charge is -2.19. The molecule has 5 heteroatoms. The molecule has 0 amide bonds. The summed E-state index contributed by atoms with van der Waals surface area (Å²) in [4.78, 5) is 8.38. The van der Waals surface area contributed by atoms with Crippen LogP contribution in [0.4, 0.5) is 11.5 Å². The smallest absolute Gasteiger partial charge is 0.187 e. The van der Waals surface area contributed by atoms with Gasteiger partial charge in [0.2, 0.25) is 0 Å². The van der Waals surface area contributed by atoms with E-state index >= 15 is 0 Å². The first-order valence-corrected chi connectivity index (χ1v) is 5.26. The van der Waals surface area contributed by atoms with E-state index in [-0.39, 0.29) is 0 Å². The van der Waals surface area contributed by atoms with E-state index in [4.69, 9.17) is 0 Å². The first kappa shape index (κ1) is 8.58. The van der Waals surface area contributed by atoms with Crippen molar-refractivity contribution in [3.63, 3.8) is 0 Å². The van der Waals surface area contributed by atoms with Crippen LogP contribution in [0.3, 0.4) is 0 Å². The highest BCUT2D eigenvalue weighted by atomic mass is 15.1. The zero-order valence-electron chi connectivity index (χ0n) is 8.75. The maximum Gasteiger partial charge on any atom is 0.187 e. The Kier molecular flexibility index (Phi) is 1.50. The first-order chi connectivity index (χ1) is 8.43. The topological polar surface area (TPSA) is 63.6 Å². The average Bonchev–Trinajstić information content (AvgIpc) is 2.39. The number of nitrogens with one attached hydrogen (secondary N) is 1. The van der Waals surface area contributed by atoms with Crippen molar-refractivity contribution < 1.29 is 0 Å². The molecule has 0 radical (unpaired) electrons. The van der Waals surface area contributed by atoms with Crippen molar-refractivity contribution in [2.45, 2.75) is 0 Å². The number of aromatic nitrogens is 4. The largest absolute Gasteiger partial charge is 0.339 e. The molecule has 4 rings (SSSR count). The Balaban J connectivity index is 2.22. The molecule has 0 fully saturated rings. The molecule has 0 unspecified atom stereocenters. The lowest BCUT2D eigenvalue weighted by molar-refractivity contribution is 1.04. The van der Waals surface area contributed by atoms with Crippen LogP contribution in [0.15, 0.2) is 36.8 Å². The second-order valence-corrected chi connectivity index (χ2v) is 3.85. The Morgan fingerprint density at radius 1 is 1.00 bits per heavy atom. The molecule has 1 aliphatic rings. The summed E-state index contributed by atoms with van der Waals surface area (Å²) in [6.07, 6.45) is 3.26. The summed E-state index contributed by atoms with van der Waals surface area (Å²) < 4.78 is 0. The van der Waals surface area contributed by atoms with Crippen molar-refractivity contribution in [1.82, 2.24) is 20.2 Å². The number of para-hydroxylation sites is 1. The van der Waals surface area contributed by atoms with Gasteiger partial charge in [-0.1, -0.05) is 18.2 Å². The third kappa shape index (κ3) is 1.08. The Bertz CT molecular complexity index is 733. The van der Waals surface area contributed by atoms with E-state index in [9.17, 15) is 0 Å². The molecular weight excluding hydrogens is 214 g/mol. The third-order valence-corrected chi connectivity index (χ3v) is 2.91. The molecule has 1 aromatic carbocycles. The quantitative estimate of drug-likeness (QED) is 0.493. The molecule has 17 heavy (non-hydrogen) atoms. The van der Waals surface area contributed by atoms with Gasteiger partial charge in [0.1, 0.15) is 12.1 Å².